The molecule has 0 saturated carbocycles. The van der Waals surface area contributed by atoms with Gasteiger partial charge >= 0.3 is 5.97 Å². The van der Waals surface area contributed by atoms with Gasteiger partial charge in [0.05, 0.1) is 11.9 Å². The molecule has 0 spiro atoms. The SMILES string of the molecule is C[C@@H](OC(=O)c1ccc(F)c(F)c1)C(=O)Nc1ncnc2nc[nH]c12. The molecule has 0 aliphatic rings. The Labute approximate surface area is 139 Å². The fraction of sp³-hybridized carbons (Fsp3) is 0.133. The van der Waals surface area contributed by atoms with Crippen molar-refractivity contribution < 1.29 is 23.1 Å². The van der Waals surface area contributed by atoms with Crippen LogP contribution in [0.3, 0.4) is 0 Å². The van der Waals surface area contributed by atoms with Crippen molar-refractivity contribution in [2.45, 2.75) is 13.0 Å². The monoisotopic (exact) mass is 347 g/mol. The molecule has 2 N–H and O–H groups in total. The van der Waals surface area contributed by atoms with E-state index in [9.17, 15) is 18.4 Å². The molecule has 0 saturated heterocycles. The number of benzene rings is 1. The second-order valence-corrected chi connectivity index (χ2v) is 4.99. The smallest absolute Gasteiger partial charge is 0.339 e. The zero-order chi connectivity index (χ0) is 18.0. The fourth-order valence-electron chi connectivity index (χ4n) is 1.98. The summed E-state index contributed by atoms with van der Waals surface area (Å²) in [5.41, 5.74) is 0.559. The lowest BCUT2D eigenvalue weighted by Crippen LogP contribution is -2.30. The summed E-state index contributed by atoms with van der Waals surface area (Å²) in [6.07, 6.45) is 1.41. The molecule has 1 amide bonds. The molecule has 0 bridgehead atoms. The quantitative estimate of drug-likeness (QED) is 0.697. The summed E-state index contributed by atoms with van der Waals surface area (Å²) in [5.74, 6) is -3.73. The fourth-order valence-corrected chi connectivity index (χ4v) is 1.98. The Morgan fingerprint density at radius 2 is 2.00 bits per heavy atom. The normalized spacial score (nSPS) is 12.0. The van der Waals surface area contributed by atoms with E-state index in [1.807, 2.05) is 0 Å². The summed E-state index contributed by atoms with van der Waals surface area (Å²) in [6, 6.07) is 2.55. The van der Waals surface area contributed by atoms with Gasteiger partial charge in [0.25, 0.3) is 5.91 Å². The minimum Gasteiger partial charge on any atom is -0.449 e. The summed E-state index contributed by atoms with van der Waals surface area (Å²) < 4.78 is 31.0. The first-order valence-electron chi connectivity index (χ1n) is 7.06. The summed E-state index contributed by atoms with van der Waals surface area (Å²) in [7, 11) is 0. The van der Waals surface area contributed by atoms with Crippen LogP contribution >= 0.6 is 0 Å². The molecule has 128 valence electrons. The number of anilines is 1. The van der Waals surface area contributed by atoms with Crippen LogP contribution < -0.4 is 5.32 Å². The molecule has 25 heavy (non-hydrogen) atoms. The molecule has 10 heteroatoms. The van der Waals surface area contributed by atoms with Crippen molar-refractivity contribution in [3.05, 3.63) is 48.1 Å². The number of nitrogens with zero attached hydrogens (tertiary/aromatic N) is 3. The number of ether oxygens (including phenoxy) is 1. The van der Waals surface area contributed by atoms with E-state index in [2.05, 4.69) is 25.3 Å². The van der Waals surface area contributed by atoms with Crippen molar-refractivity contribution >= 4 is 28.9 Å². The second-order valence-electron chi connectivity index (χ2n) is 4.99. The molecule has 2 aromatic heterocycles. The molecular formula is C15H11F2N5O3. The van der Waals surface area contributed by atoms with Gasteiger partial charge in [0.15, 0.2) is 29.2 Å². The van der Waals surface area contributed by atoms with Gasteiger partial charge in [-0.3, -0.25) is 4.79 Å². The largest absolute Gasteiger partial charge is 0.449 e. The number of hydrogen-bond acceptors (Lipinski definition) is 6. The number of H-pyrrole nitrogens is 1. The number of carbonyl (C=O) groups excluding carboxylic acids is 2. The number of esters is 1. The number of aromatic nitrogens is 4. The van der Waals surface area contributed by atoms with Crippen LogP contribution in [0.2, 0.25) is 0 Å². The first kappa shape index (κ1) is 16.4. The topological polar surface area (TPSA) is 110 Å². The number of hydrogen-bond donors (Lipinski definition) is 2. The van der Waals surface area contributed by atoms with E-state index < -0.39 is 29.6 Å². The highest BCUT2D eigenvalue weighted by atomic mass is 19.2. The highest BCUT2D eigenvalue weighted by Gasteiger charge is 2.21. The third-order valence-corrected chi connectivity index (χ3v) is 3.27. The van der Waals surface area contributed by atoms with Crippen LogP contribution in [-0.4, -0.2) is 37.9 Å². The van der Waals surface area contributed by atoms with E-state index in [4.69, 9.17) is 4.74 Å². The Kier molecular flexibility index (Phi) is 4.33. The number of fused-ring (bicyclic) bond motifs is 1. The summed E-state index contributed by atoms with van der Waals surface area (Å²) in [6.45, 7) is 1.33. The zero-order valence-corrected chi connectivity index (χ0v) is 12.8. The highest BCUT2D eigenvalue weighted by Crippen LogP contribution is 2.15. The third-order valence-electron chi connectivity index (χ3n) is 3.27. The average molecular weight is 347 g/mol. The molecular weight excluding hydrogens is 336 g/mol. The van der Waals surface area contributed by atoms with E-state index >= 15 is 0 Å². The third kappa shape index (κ3) is 3.42. The van der Waals surface area contributed by atoms with Gasteiger partial charge in [0.1, 0.15) is 11.8 Å². The zero-order valence-electron chi connectivity index (χ0n) is 12.8. The van der Waals surface area contributed by atoms with Crippen LogP contribution in [0.4, 0.5) is 14.6 Å². The number of amides is 1. The molecule has 1 aromatic carbocycles. The molecule has 0 aliphatic heterocycles. The Bertz CT molecular complexity index is 959. The number of rotatable bonds is 4. The molecule has 3 aromatic rings. The Hall–Kier alpha value is -3.43. The Morgan fingerprint density at radius 1 is 1.20 bits per heavy atom. The van der Waals surface area contributed by atoms with Crippen LogP contribution in [0.5, 0.6) is 0 Å². The maximum absolute atomic E-state index is 13.2. The van der Waals surface area contributed by atoms with Gasteiger partial charge in [0, 0.05) is 0 Å². The molecule has 2 heterocycles. The number of halogens is 2. The van der Waals surface area contributed by atoms with Gasteiger partial charge < -0.3 is 15.0 Å². The molecule has 1 atom stereocenters. The van der Waals surface area contributed by atoms with Crippen molar-refractivity contribution in [1.82, 2.24) is 19.9 Å². The number of nitrogens with one attached hydrogen (secondary N) is 2. The molecule has 0 fully saturated rings. The maximum atomic E-state index is 13.2. The Balaban J connectivity index is 1.69. The lowest BCUT2D eigenvalue weighted by Gasteiger charge is -2.13. The van der Waals surface area contributed by atoms with Crippen LogP contribution in [0, 0.1) is 11.6 Å². The van der Waals surface area contributed by atoms with Crippen LogP contribution in [-0.2, 0) is 9.53 Å². The first-order chi connectivity index (χ1) is 12.0. The van der Waals surface area contributed by atoms with Gasteiger partial charge in [0.2, 0.25) is 0 Å². The lowest BCUT2D eigenvalue weighted by atomic mass is 10.2. The van der Waals surface area contributed by atoms with E-state index in [-0.39, 0.29) is 11.4 Å². The van der Waals surface area contributed by atoms with Crippen molar-refractivity contribution in [3.8, 4) is 0 Å². The molecule has 0 radical (unpaired) electrons. The predicted octanol–water partition coefficient (Wildman–Crippen LogP) is 1.82. The van der Waals surface area contributed by atoms with Gasteiger partial charge in [-0.1, -0.05) is 0 Å². The van der Waals surface area contributed by atoms with Gasteiger partial charge in [-0.05, 0) is 25.1 Å². The summed E-state index contributed by atoms with van der Waals surface area (Å²) in [4.78, 5) is 38.6. The number of imidazole rings is 1. The van der Waals surface area contributed by atoms with Crippen molar-refractivity contribution in [3.63, 3.8) is 0 Å². The van der Waals surface area contributed by atoms with E-state index in [0.29, 0.717) is 17.2 Å². The minimum atomic E-state index is -1.20. The van der Waals surface area contributed by atoms with Crippen molar-refractivity contribution in [2.75, 3.05) is 5.32 Å². The van der Waals surface area contributed by atoms with Crippen LogP contribution in [0.15, 0.2) is 30.9 Å². The van der Waals surface area contributed by atoms with Gasteiger partial charge in [-0.25, -0.2) is 28.5 Å². The minimum absolute atomic E-state index is 0.170. The first-order valence-corrected chi connectivity index (χ1v) is 7.06. The van der Waals surface area contributed by atoms with Crippen LogP contribution in [0.1, 0.15) is 17.3 Å². The highest BCUT2D eigenvalue weighted by molar-refractivity contribution is 6.00. The summed E-state index contributed by atoms with van der Waals surface area (Å²) >= 11 is 0. The number of carbonyl (C=O) groups is 2. The Morgan fingerprint density at radius 3 is 2.76 bits per heavy atom. The van der Waals surface area contributed by atoms with E-state index in [1.54, 1.807) is 0 Å². The average Bonchev–Trinajstić information content (AvgIpc) is 3.07. The van der Waals surface area contributed by atoms with Crippen LogP contribution in [0.25, 0.3) is 11.2 Å². The van der Waals surface area contributed by atoms with E-state index in [0.717, 1.165) is 12.1 Å². The lowest BCUT2D eigenvalue weighted by molar-refractivity contribution is -0.123. The predicted molar refractivity (Wildman–Crippen MR) is 81.5 cm³/mol. The standard InChI is InChI=1S/C15H11F2N5O3/c1-7(25-15(24)8-2-3-9(16)10(17)4-8)14(23)22-13-11-12(19-5-18-11)20-6-21-13/h2-7H,1H3,(H2,18,19,20,21,22,23)/t7-/m1/s1. The molecule has 3 rings (SSSR count). The number of aromatic amines is 1. The van der Waals surface area contributed by atoms with Crippen molar-refractivity contribution in [1.29, 1.82) is 0 Å². The summed E-state index contributed by atoms with van der Waals surface area (Å²) in [5, 5.41) is 2.48. The van der Waals surface area contributed by atoms with Gasteiger partial charge in [-0.15, -0.1) is 0 Å². The molecule has 8 nitrogen and oxygen atoms in total. The molecule has 0 aliphatic carbocycles. The second kappa shape index (κ2) is 6.59. The van der Waals surface area contributed by atoms with Gasteiger partial charge in [-0.2, -0.15) is 0 Å². The maximum Gasteiger partial charge on any atom is 0.339 e. The van der Waals surface area contributed by atoms with Crippen molar-refractivity contribution in [2.24, 2.45) is 0 Å². The van der Waals surface area contributed by atoms with E-state index in [1.165, 1.54) is 19.6 Å². The molecule has 0 unspecified atom stereocenters.